The molecule has 2 heterocycles. The van der Waals surface area contributed by atoms with Gasteiger partial charge in [-0.2, -0.15) is 0 Å². The fourth-order valence-electron chi connectivity index (χ4n) is 6.66. The first-order valence-electron chi connectivity index (χ1n) is 15.4. The molecule has 0 atom stereocenters. The number of esters is 2. The highest BCUT2D eigenvalue weighted by Crippen LogP contribution is 2.33. The van der Waals surface area contributed by atoms with Crippen molar-refractivity contribution in [2.75, 3.05) is 53.5 Å². The van der Waals surface area contributed by atoms with E-state index in [0.29, 0.717) is 24.3 Å². The van der Waals surface area contributed by atoms with Crippen LogP contribution in [0.5, 0.6) is 0 Å². The zero-order valence-corrected chi connectivity index (χ0v) is 25.2. The first-order chi connectivity index (χ1) is 19.2. The number of hydrogen-bond donors (Lipinski definition) is 0. The molecule has 0 aromatic heterocycles. The van der Waals surface area contributed by atoms with E-state index in [1.54, 1.807) is 0 Å². The normalized spacial score (nSPS) is 26.7. The molecule has 2 aliphatic rings. The van der Waals surface area contributed by atoms with Crippen LogP contribution in [0.15, 0.2) is 48.5 Å². The maximum atomic E-state index is 11.9. The van der Waals surface area contributed by atoms with Crippen molar-refractivity contribution in [1.29, 1.82) is 0 Å². The second-order valence-electron chi connectivity index (χ2n) is 12.7. The maximum absolute atomic E-state index is 11.9. The summed E-state index contributed by atoms with van der Waals surface area (Å²) in [5.41, 5.74) is 3.87. The molecule has 0 radical (unpaired) electrons. The predicted molar refractivity (Wildman–Crippen MR) is 159 cm³/mol. The van der Waals surface area contributed by atoms with Gasteiger partial charge in [0.2, 0.25) is 0 Å². The van der Waals surface area contributed by atoms with Gasteiger partial charge in [-0.25, -0.2) is 9.59 Å². The van der Waals surface area contributed by atoms with Gasteiger partial charge < -0.3 is 18.4 Å². The highest BCUT2D eigenvalue weighted by atomic mass is 16.5. The van der Waals surface area contributed by atoms with E-state index >= 15 is 0 Å². The zero-order chi connectivity index (χ0) is 28.6. The largest absolute Gasteiger partial charge is 0.462 e. The minimum atomic E-state index is -0.237. The van der Waals surface area contributed by atoms with E-state index < -0.39 is 0 Å². The molecule has 2 aliphatic heterocycles. The Kier molecular flexibility index (Phi) is 10.4. The first-order valence-corrected chi connectivity index (χ1v) is 15.4. The van der Waals surface area contributed by atoms with Crippen molar-refractivity contribution in [1.82, 2.24) is 0 Å². The Morgan fingerprint density at radius 1 is 0.625 bits per heavy atom. The number of quaternary nitrogens is 2. The average Bonchev–Trinajstić information content (AvgIpc) is 2.94. The van der Waals surface area contributed by atoms with Crippen LogP contribution in [0.25, 0.3) is 0 Å². The molecule has 218 valence electrons. The molecule has 2 aromatic rings. The van der Waals surface area contributed by atoms with Crippen molar-refractivity contribution in [2.45, 2.75) is 65.5 Å². The number of nitrogens with zero attached hydrogens (tertiary/aromatic N) is 2. The maximum Gasteiger partial charge on any atom is 0.338 e. The van der Waals surface area contributed by atoms with Crippen molar-refractivity contribution < 1.29 is 28.0 Å². The Labute approximate surface area is 241 Å². The molecule has 0 aliphatic carbocycles. The van der Waals surface area contributed by atoms with Gasteiger partial charge >= 0.3 is 11.9 Å². The molecule has 0 N–H and O–H groups in total. The van der Waals surface area contributed by atoms with Crippen LogP contribution < -0.4 is 0 Å². The Balaban J connectivity index is 1.16. The molecule has 40 heavy (non-hydrogen) atoms. The lowest BCUT2D eigenvalue weighted by Crippen LogP contribution is -2.49. The van der Waals surface area contributed by atoms with Gasteiger partial charge in [0, 0.05) is 11.1 Å². The number of hydrogen-bond acceptors (Lipinski definition) is 4. The summed E-state index contributed by atoms with van der Waals surface area (Å²) in [6.45, 7) is 11.5. The van der Waals surface area contributed by atoms with Crippen LogP contribution in [0.4, 0.5) is 0 Å². The predicted octanol–water partition coefficient (Wildman–Crippen LogP) is 6.23. The molecule has 0 amide bonds. The van der Waals surface area contributed by atoms with Gasteiger partial charge in [-0.1, -0.05) is 24.3 Å². The molecule has 6 heteroatoms. The fraction of sp³-hybridized carbons (Fsp3) is 0.588. The van der Waals surface area contributed by atoms with Gasteiger partial charge in [-0.3, -0.25) is 0 Å². The summed E-state index contributed by atoms with van der Waals surface area (Å²) in [5, 5.41) is 0. The van der Waals surface area contributed by atoms with Crippen molar-refractivity contribution in [3.05, 3.63) is 70.8 Å². The van der Waals surface area contributed by atoms with Gasteiger partial charge in [0.15, 0.2) is 0 Å². The summed E-state index contributed by atoms with van der Waals surface area (Å²) < 4.78 is 12.4. The lowest BCUT2D eigenvalue weighted by atomic mass is 9.84. The van der Waals surface area contributed by atoms with Crippen LogP contribution in [0.2, 0.25) is 0 Å². The van der Waals surface area contributed by atoms with E-state index in [0.717, 1.165) is 33.9 Å². The fourth-order valence-corrected chi connectivity index (χ4v) is 6.66. The second-order valence-corrected chi connectivity index (χ2v) is 12.7. The van der Waals surface area contributed by atoms with Gasteiger partial charge in [0.25, 0.3) is 0 Å². The molecule has 0 spiro atoms. The third kappa shape index (κ3) is 8.40. The smallest absolute Gasteiger partial charge is 0.338 e. The summed E-state index contributed by atoms with van der Waals surface area (Å²) in [7, 11) is 4.78. The monoisotopic (exact) mass is 550 g/mol. The number of rotatable bonds is 11. The van der Waals surface area contributed by atoms with E-state index in [4.69, 9.17) is 9.47 Å². The van der Waals surface area contributed by atoms with Gasteiger partial charge in [0.05, 0.1) is 64.6 Å². The van der Waals surface area contributed by atoms with Crippen LogP contribution in [0, 0.1) is 11.8 Å². The average molecular weight is 551 g/mol. The van der Waals surface area contributed by atoms with Gasteiger partial charge in [-0.05, 0) is 88.5 Å². The first kappa shape index (κ1) is 30.3. The van der Waals surface area contributed by atoms with Crippen molar-refractivity contribution >= 4 is 11.9 Å². The SMILES string of the molecule is CCOC(=O)c1ccc(C[N+]2(C)CCC(CCC3CC[N+](C)(Cc4ccc(C(=O)OCC)cc4)CC3)CC2)cc1. The van der Waals surface area contributed by atoms with Crippen molar-refractivity contribution in [3.8, 4) is 0 Å². The second kappa shape index (κ2) is 13.8. The molecular formula is C34H50N2O4+2. The number of likely N-dealkylation sites (tertiary alicyclic amines) is 2. The summed E-state index contributed by atoms with van der Waals surface area (Å²) in [6, 6.07) is 16.0. The molecule has 0 bridgehead atoms. The number of carbonyl (C=O) groups excluding carboxylic acids is 2. The van der Waals surface area contributed by atoms with E-state index in [2.05, 4.69) is 38.4 Å². The minimum Gasteiger partial charge on any atom is -0.462 e. The van der Waals surface area contributed by atoms with E-state index in [-0.39, 0.29) is 11.9 Å². The highest BCUT2D eigenvalue weighted by molar-refractivity contribution is 5.89. The standard InChI is InChI=1S/C34H50N2O4/c1-5-39-33(37)31-13-9-29(10-14-31)25-35(3)21-17-27(18-22-35)7-8-28-19-23-36(4,24-20-28)26-30-11-15-32(16-12-30)34(38)40-6-2/h9-16,27-28H,5-8,17-26H2,1-4H3/q+2. The zero-order valence-electron chi connectivity index (χ0n) is 25.2. The molecule has 0 saturated carbocycles. The third-order valence-electron chi connectivity index (χ3n) is 9.35. The van der Waals surface area contributed by atoms with E-state index in [9.17, 15) is 9.59 Å². The van der Waals surface area contributed by atoms with Gasteiger partial charge in [0.1, 0.15) is 13.1 Å². The van der Waals surface area contributed by atoms with E-state index in [1.165, 1.54) is 75.8 Å². The van der Waals surface area contributed by atoms with Crippen molar-refractivity contribution in [3.63, 3.8) is 0 Å². The van der Waals surface area contributed by atoms with Crippen LogP contribution in [0.3, 0.4) is 0 Å². The number of piperidine rings is 2. The molecule has 2 aromatic carbocycles. The quantitative estimate of drug-likeness (QED) is 0.246. The van der Waals surface area contributed by atoms with E-state index in [1.807, 2.05) is 38.1 Å². The van der Waals surface area contributed by atoms with Crippen LogP contribution in [0.1, 0.15) is 84.2 Å². The number of carbonyl (C=O) groups is 2. The Morgan fingerprint density at radius 3 is 1.25 bits per heavy atom. The molecule has 2 fully saturated rings. The molecule has 2 saturated heterocycles. The Hall–Kier alpha value is -2.70. The minimum absolute atomic E-state index is 0.237. The molecule has 4 rings (SSSR count). The van der Waals surface area contributed by atoms with Crippen molar-refractivity contribution in [2.24, 2.45) is 11.8 Å². The Morgan fingerprint density at radius 2 is 0.950 bits per heavy atom. The van der Waals surface area contributed by atoms with Gasteiger partial charge in [-0.15, -0.1) is 0 Å². The number of ether oxygens (including phenoxy) is 2. The van der Waals surface area contributed by atoms with Crippen LogP contribution >= 0.6 is 0 Å². The summed E-state index contributed by atoms with van der Waals surface area (Å²) in [6.07, 6.45) is 8.02. The van der Waals surface area contributed by atoms with Crippen LogP contribution in [-0.4, -0.2) is 74.4 Å². The lowest BCUT2D eigenvalue weighted by Gasteiger charge is -2.42. The third-order valence-corrected chi connectivity index (χ3v) is 9.35. The van der Waals surface area contributed by atoms with Crippen LogP contribution in [-0.2, 0) is 22.6 Å². The number of benzene rings is 2. The lowest BCUT2D eigenvalue weighted by molar-refractivity contribution is -0.928. The summed E-state index contributed by atoms with van der Waals surface area (Å²) in [4.78, 5) is 23.9. The molecular weight excluding hydrogens is 500 g/mol. The molecule has 0 unspecified atom stereocenters. The highest BCUT2D eigenvalue weighted by Gasteiger charge is 2.33. The summed E-state index contributed by atoms with van der Waals surface area (Å²) in [5.74, 6) is 1.24. The Bertz CT molecular complexity index is 1010. The topological polar surface area (TPSA) is 52.6 Å². The summed E-state index contributed by atoms with van der Waals surface area (Å²) >= 11 is 0. The molecule has 6 nitrogen and oxygen atoms in total.